The van der Waals surface area contributed by atoms with Crippen LogP contribution in [0.25, 0.3) is 0 Å². The molecule has 6 heteroatoms. The fourth-order valence-electron chi connectivity index (χ4n) is 2.09. The van der Waals surface area contributed by atoms with Crippen molar-refractivity contribution in [3.8, 4) is 0 Å². The second kappa shape index (κ2) is 7.40. The Hall–Kier alpha value is -2.89. The highest BCUT2D eigenvalue weighted by Crippen LogP contribution is 2.23. The van der Waals surface area contributed by atoms with Gasteiger partial charge in [0, 0.05) is 11.9 Å². The molecule has 120 valence electrons. The van der Waals surface area contributed by atoms with Crippen molar-refractivity contribution in [3.05, 3.63) is 64.1 Å². The van der Waals surface area contributed by atoms with Gasteiger partial charge in [-0.15, -0.1) is 0 Å². The van der Waals surface area contributed by atoms with Crippen molar-refractivity contribution in [1.82, 2.24) is 4.98 Å². The standard InChI is InChI=1S/C17H18N2O4/c1-11(2)12-6-3-4-8-14(12)19-15(20)10-23-17(22)13-7-5-9-18-16(13)21/h3-9,11H,10H2,1-2H3,(H,18,21)(H,19,20). The zero-order valence-electron chi connectivity index (χ0n) is 13.0. The fraction of sp³-hybridized carbons (Fsp3) is 0.235. The number of aromatic nitrogens is 1. The lowest BCUT2D eigenvalue weighted by molar-refractivity contribution is -0.119. The van der Waals surface area contributed by atoms with E-state index in [0.717, 1.165) is 5.56 Å². The third-order valence-corrected chi connectivity index (χ3v) is 3.23. The number of carbonyl (C=O) groups is 2. The summed E-state index contributed by atoms with van der Waals surface area (Å²) in [5.41, 5.74) is 0.985. The summed E-state index contributed by atoms with van der Waals surface area (Å²) >= 11 is 0. The molecule has 1 amide bonds. The van der Waals surface area contributed by atoms with Crippen molar-refractivity contribution in [2.75, 3.05) is 11.9 Å². The van der Waals surface area contributed by atoms with E-state index in [1.54, 1.807) is 6.07 Å². The third kappa shape index (κ3) is 4.29. The van der Waals surface area contributed by atoms with Crippen LogP contribution in [-0.2, 0) is 9.53 Å². The summed E-state index contributed by atoms with van der Waals surface area (Å²) in [6, 6.07) is 10.3. The Bertz CT molecular complexity index is 765. The Morgan fingerprint density at radius 1 is 1.17 bits per heavy atom. The van der Waals surface area contributed by atoms with Crippen LogP contribution in [0.2, 0.25) is 0 Å². The van der Waals surface area contributed by atoms with Gasteiger partial charge >= 0.3 is 5.97 Å². The lowest BCUT2D eigenvalue weighted by Gasteiger charge is -2.13. The SMILES string of the molecule is CC(C)c1ccccc1NC(=O)COC(=O)c1ccc[nH]c1=O. The van der Waals surface area contributed by atoms with Gasteiger partial charge < -0.3 is 15.0 Å². The number of anilines is 1. The van der Waals surface area contributed by atoms with Crippen LogP contribution in [0.3, 0.4) is 0 Å². The van der Waals surface area contributed by atoms with Crippen molar-refractivity contribution >= 4 is 17.6 Å². The molecule has 6 nitrogen and oxygen atoms in total. The van der Waals surface area contributed by atoms with Gasteiger partial charge in [-0.2, -0.15) is 0 Å². The lowest BCUT2D eigenvalue weighted by Crippen LogP contribution is -2.24. The molecule has 0 saturated heterocycles. The Balaban J connectivity index is 1.97. The van der Waals surface area contributed by atoms with E-state index >= 15 is 0 Å². The van der Waals surface area contributed by atoms with Gasteiger partial charge in [0.2, 0.25) is 0 Å². The number of pyridine rings is 1. The molecule has 0 spiro atoms. The van der Waals surface area contributed by atoms with E-state index < -0.39 is 24.0 Å². The maximum Gasteiger partial charge on any atom is 0.344 e. The lowest BCUT2D eigenvalue weighted by atomic mass is 10.0. The van der Waals surface area contributed by atoms with Crippen molar-refractivity contribution in [2.24, 2.45) is 0 Å². The molecule has 0 unspecified atom stereocenters. The zero-order chi connectivity index (χ0) is 16.8. The summed E-state index contributed by atoms with van der Waals surface area (Å²) in [4.78, 5) is 37.5. The van der Waals surface area contributed by atoms with Crippen molar-refractivity contribution in [2.45, 2.75) is 19.8 Å². The van der Waals surface area contributed by atoms with Gasteiger partial charge in [-0.05, 0) is 29.7 Å². The van der Waals surface area contributed by atoms with E-state index in [1.807, 2.05) is 32.0 Å². The molecule has 2 rings (SSSR count). The van der Waals surface area contributed by atoms with E-state index in [-0.39, 0.29) is 11.5 Å². The molecule has 23 heavy (non-hydrogen) atoms. The van der Waals surface area contributed by atoms with Gasteiger partial charge in [0.1, 0.15) is 5.56 Å². The first kappa shape index (κ1) is 16.5. The highest BCUT2D eigenvalue weighted by Gasteiger charge is 2.14. The summed E-state index contributed by atoms with van der Waals surface area (Å²) in [6.07, 6.45) is 1.41. The largest absolute Gasteiger partial charge is 0.452 e. The summed E-state index contributed by atoms with van der Waals surface area (Å²) in [7, 11) is 0. The average molecular weight is 314 g/mol. The molecule has 0 radical (unpaired) electrons. The molecule has 0 fully saturated rings. The van der Waals surface area contributed by atoms with Gasteiger partial charge in [0.25, 0.3) is 11.5 Å². The number of amides is 1. The van der Waals surface area contributed by atoms with Crippen LogP contribution in [0.1, 0.15) is 35.7 Å². The van der Waals surface area contributed by atoms with Gasteiger partial charge in [0.15, 0.2) is 6.61 Å². The molecular weight excluding hydrogens is 296 g/mol. The molecule has 0 bridgehead atoms. The maximum atomic E-state index is 11.9. The van der Waals surface area contributed by atoms with Crippen LogP contribution in [0, 0.1) is 0 Å². The van der Waals surface area contributed by atoms with Crippen LogP contribution in [0.4, 0.5) is 5.69 Å². The molecule has 2 aromatic rings. The number of benzene rings is 1. The molecule has 2 N–H and O–H groups in total. The molecule has 0 aliphatic rings. The maximum absolute atomic E-state index is 11.9. The molecule has 0 saturated carbocycles. The number of H-pyrrole nitrogens is 1. The van der Waals surface area contributed by atoms with Crippen LogP contribution < -0.4 is 10.9 Å². The van der Waals surface area contributed by atoms with E-state index in [1.165, 1.54) is 18.3 Å². The van der Waals surface area contributed by atoms with Crippen molar-refractivity contribution in [1.29, 1.82) is 0 Å². The van der Waals surface area contributed by atoms with E-state index in [0.29, 0.717) is 5.69 Å². The minimum absolute atomic E-state index is 0.136. The Morgan fingerprint density at radius 3 is 2.61 bits per heavy atom. The first-order valence-electron chi connectivity index (χ1n) is 7.22. The number of rotatable bonds is 5. The highest BCUT2D eigenvalue weighted by molar-refractivity contribution is 5.95. The number of para-hydroxylation sites is 1. The Kier molecular flexibility index (Phi) is 5.30. The average Bonchev–Trinajstić information content (AvgIpc) is 2.53. The van der Waals surface area contributed by atoms with Crippen LogP contribution in [0.15, 0.2) is 47.4 Å². The number of esters is 1. The molecular formula is C17H18N2O4. The van der Waals surface area contributed by atoms with Gasteiger partial charge in [-0.25, -0.2) is 4.79 Å². The molecule has 0 aliphatic carbocycles. The van der Waals surface area contributed by atoms with Gasteiger partial charge in [-0.1, -0.05) is 32.0 Å². The van der Waals surface area contributed by atoms with Crippen LogP contribution >= 0.6 is 0 Å². The summed E-state index contributed by atoms with van der Waals surface area (Å²) in [6.45, 7) is 3.58. The summed E-state index contributed by atoms with van der Waals surface area (Å²) in [5, 5.41) is 2.71. The quantitative estimate of drug-likeness (QED) is 0.829. The van der Waals surface area contributed by atoms with E-state index in [4.69, 9.17) is 4.74 Å². The number of nitrogens with one attached hydrogen (secondary N) is 2. The molecule has 1 aromatic heterocycles. The number of hydrogen-bond acceptors (Lipinski definition) is 4. The zero-order valence-corrected chi connectivity index (χ0v) is 13.0. The minimum Gasteiger partial charge on any atom is -0.452 e. The number of hydrogen-bond donors (Lipinski definition) is 2. The molecule has 1 aromatic carbocycles. The Labute approximate surface area is 133 Å². The summed E-state index contributed by atoms with van der Waals surface area (Å²) in [5.74, 6) is -1.05. The second-order valence-electron chi connectivity index (χ2n) is 5.28. The van der Waals surface area contributed by atoms with Crippen molar-refractivity contribution in [3.63, 3.8) is 0 Å². The van der Waals surface area contributed by atoms with Crippen LogP contribution in [0.5, 0.6) is 0 Å². The Morgan fingerprint density at radius 2 is 1.91 bits per heavy atom. The summed E-state index contributed by atoms with van der Waals surface area (Å²) < 4.78 is 4.87. The van der Waals surface area contributed by atoms with Gasteiger partial charge in [-0.3, -0.25) is 9.59 Å². The first-order valence-corrected chi connectivity index (χ1v) is 7.22. The fourth-order valence-corrected chi connectivity index (χ4v) is 2.09. The smallest absolute Gasteiger partial charge is 0.344 e. The minimum atomic E-state index is -0.834. The molecule has 0 atom stereocenters. The van der Waals surface area contributed by atoms with E-state index in [9.17, 15) is 14.4 Å². The monoisotopic (exact) mass is 314 g/mol. The van der Waals surface area contributed by atoms with Crippen LogP contribution in [-0.4, -0.2) is 23.5 Å². The second-order valence-corrected chi connectivity index (χ2v) is 5.28. The highest BCUT2D eigenvalue weighted by atomic mass is 16.5. The molecule has 0 aliphatic heterocycles. The molecule has 1 heterocycles. The van der Waals surface area contributed by atoms with Crippen molar-refractivity contribution < 1.29 is 14.3 Å². The number of ether oxygens (including phenoxy) is 1. The topological polar surface area (TPSA) is 88.3 Å². The third-order valence-electron chi connectivity index (χ3n) is 3.23. The predicted octanol–water partition coefficient (Wildman–Crippen LogP) is 2.29. The predicted molar refractivity (Wildman–Crippen MR) is 86.5 cm³/mol. The van der Waals surface area contributed by atoms with Gasteiger partial charge in [0.05, 0.1) is 0 Å². The number of aromatic amines is 1. The normalized spacial score (nSPS) is 10.4. The first-order chi connectivity index (χ1) is 11.0. The van der Waals surface area contributed by atoms with E-state index in [2.05, 4.69) is 10.3 Å². The number of carbonyl (C=O) groups excluding carboxylic acids is 2.